The van der Waals surface area contributed by atoms with E-state index in [1.165, 1.54) is 11.3 Å². The number of carbonyl (C=O) groups is 1. The second kappa shape index (κ2) is 8.44. The van der Waals surface area contributed by atoms with Gasteiger partial charge in [-0.3, -0.25) is 9.78 Å². The Morgan fingerprint density at radius 1 is 1.12 bits per heavy atom. The van der Waals surface area contributed by atoms with Crippen LogP contribution in [-0.2, 0) is 0 Å². The number of carbonyl (C=O) groups excluding carboxylic acids is 1. The minimum atomic E-state index is -0.140. The molecular formula is C19H19N3O3S. The van der Waals surface area contributed by atoms with Crippen molar-refractivity contribution in [3.63, 3.8) is 0 Å². The number of ether oxygens (including phenoxy) is 2. The van der Waals surface area contributed by atoms with E-state index in [9.17, 15) is 4.79 Å². The van der Waals surface area contributed by atoms with Crippen LogP contribution >= 0.6 is 11.3 Å². The Balaban J connectivity index is 1.52. The number of amides is 1. The van der Waals surface area contributed by atoms with Crippen LogP contribution in [0.5, 0.6) is 11.5 Å². The maximum atomic E-state index is 12.4. The zero-order valence-electron chi connectivity index (χ0n) is 14.6. The van der Waals surface area contributed by atoms with Gasteiger partial charge >= 0.3 is 0 Å². The molecule has 0 aliphatic heterocycles. The molecule has 3 aromatic rings. The Labute approximate surface area is 155 Å². The SMILES string of the molecule is COc1ccc(OCCNC(=O)c2sc(-c3ccncc3)nc2C)cc1. The van der Waals surface area contributed by atoms with Gasteiger partial charge in [0.15, 0.2) is 0 Å². The summed E-state index contributed by atoms with van der Waals surface area (Å²) in [5, 5.41) is 3.68. The van der Waals surface area contributed by atoms with E-state index in [0.29, 0.717) is 18.0 Å². The number of benzene rings is 1. The Hall–Kier alpha value is -2.93. The zero-order chi connectivity index (χ0) is 18.4. The molecule has 0 fully saturated rings. The van der Waals surface area contributed by atoms with E-state index in [4.69, 9.17) is 9.47 Å². The van der Waals surface area contributed by atoms with Gasteiger partial charge in [0.25, 0.3) is 5.91 Å². The van der Waals surface area contributed by atoms with Crippen LogP contribution in [0.2, 0.25) is 0 Å². The molecule has 1 aromatic carbocycles. The number of hydrogen-bond acceptors (Lipinski definition) is 6. The summed E-state index contributed by atoms with van der Waals surface area (Å²) >= 11 is 1.37. The average Bonchev–Trinajstić information content (AvgIpc) is 3.08. The van der Waals surface area contributed by atoms with Crippen LogP contribution in [0.25, 0.3) is 10.6 Å². The molecule has 134 valence electrons. The molecule has 7 heteroatoms. The van der Waals surface area contributed by atoms with Gasteiger partial charge < -0.3 is 14.8 Å². The molecule has 0 aliphatic rings. The highest BCUT2D eigenvalue weighted by molar-refractivity contribution is 7.17. The Morgan fingerprint density at radius 2 is 1.81 bits per heavy atom. The van der Waals surface area contributed by atoms with Crippen molar-refractivity contribution >= 4 is 17.2 Å². The van der Waals surface area contributed by atoms with Crippen LogP contribution in [0.4, 0.5) is 0 Å². The molecule has 3 rings (SSSR count). The van der Waals surface area contributed by atoms with Crippen molar-refractivity contribution in [1.82, 2.24) is 15.3 Å². The second-order valence-corrected chi connectivity index (χ2v) is 6.45. The van der Waals surface area contributed by atoms with E-state index < -0.39 is 0 Å². The minimum Gasteiger partial charge on any atom is -0.497 e. The van der Waals surface area contributed by atoms with E-state index >= 15 is 0 Å². The smallest absolute Gasteiger partial charge is 0.263 e. The number of nitrogens with zero attached hydrogens (tertiary/aromatic N) is 2. The molecule has 2 aromatic heterocycles. The third-order valence-corrected chi connectivity index (χ3v) is 4.85. The van der Waals surface area contributed by atoms with Crippen molar-refractivity contribution < 1.29 is 14.3 Å². The molecule has 0 spiro atoms. The van der Waals surface area contributed by atoms with Gasteiger partial charge in [-0.25, -0.2) is 4.98 Å². The third-order valence-electron chi connectivity index (χ3n) is 3.65. The van der Waals surface area contributed by atoms with E-state index in [0.717, 1.165) is 27.8 Å². The maximum Gasteiger partial charge on any atom is 0.263 e. The quantitative estimate of drug-likeness (QED) is 0.647. The van der Waals surface area contributed by atoms with Gasteiger partial charge in [0.2, 0.25) is 0 Å². The van der Waals surface area contributed by atoms with E-state index in [1.807, 2.05) is 43.3 Å². The van der Waals surface area contributed by atoms with Gasteiger partial charge in [-0.1, -0.05) is 0 Å². The number of pyridine rings is 1. The lowest BCUT2D eigenvalue weighted by Crippen LogP contribution is -2.27. The molecule has 0 atom stereocenters. The Bertz CT molecular complexity index is 863. The molecule has 0 bridgehead atoms. The van der Waals surface area contributed by atoms with Gasteiger partial charge in [-0.05, 0) is 43.3 Å². The third kappa shape index (κ3) is 4.37. The molecule has 6 nitrogen and oxygen atoms in total. The number of rotatable bonds is 7. The number of hydrogen-bond donors (Lipinski definition) is 1. The first kappa shape index (κ1) is 17.9. The lowest BCUT2D eigenvalue weighted by atomic mass is 10.3. The number of methoxy groups -OCH3 is 1. The summed E-state index contributed by atoms with van der Waals surface area (Å²) in [4.78, 5) is 21.5. The molecule has 0 aliphatic carbocycles. The lowest BCUT2D eigenvalue weighted by Gasteiger charge is -2.08. The normalized spacial score (nSPS) is 10.4. The van der Waals surface area contributed by atoms with E-state index in [2.05, 4.69) is 15.3 Å². The number of nitrogens with one attached hydrogen (secondary N) is 1. The van der Waals surface area contributed by atoms with Gasteiger partial charge in [0.05, 0.1) is 19.3 Å². The summed E-state index contributed by atoms with van der Waals surface area (Å²) in [6, 6.07) is 11.1. The van der Waals surface area contributed by atoms with Crippen molar-refractivity contribution in [3.8, 4) is 22.1 Å². The first-order chi connectivity index (χ1) is 12.7. The van der Waals surface area contributed by atoms with Gasteiger partial charge in [-0.2, -0.15) is 0 Å². The number of aromatic nitrogens is 2. The van der Waals surface area contributed by atoms with Crippen molar-refractivity contribution in [3.05, 3.63) is 59.4 Å². The molecular weight excluding hydrogens is 350 g/mol. The minimum absolute atomic E-state index is 0.140. The fourth-order valence-corrected chi connectivity index (χ4v) is 3.30. The van der Waals surface area contributed by atoms with Crippen LogP contribution in [0.3, 0.4) is 0 Å². The topological polar surface area (TPSA) is 73.3 Å². The van der Waals surface area contributed by atoms with Crippen molar-refractivity contribution in [2.75, 3.05) is 20.3 Å². The molecule has 2 heterocycles. The monoisotopic (exact) mass is 369 g/mol. The molecule has 1 N–H and O–H groups in total. The Morgan fingerprint density at radius 3 is 2.50 bits per heavy atom. The summed E-state index contributed by atoms with van der Waals surface area (Å²) in [6.07, 6.45) is 3.42. The van der Waals surface area contributed by atoms with Crippen molar-refractivity contribution in [2.45, 2.75) is 6.92 Å². The fraction of sp³-hybridized carbons (Fsp3) is 0.211. The maximum absolute atomic E-state index is 12.4. The number of thiazole rings is 1. The van der Waals surface area contributed by atoms with Crippen LogP contribution in [0.1, 0.15) is 15.4 Å². The molecule has 0 saturated carbocycles. The Kier molecular flexibility index (Phi) is 5.80. The standard InChI is InChI=1S/C19H19N3O3S/c1-13-17(26-19(22-13)14-7-9-20-10-8-14)18(23)21-11-12-25-16-5-3-15(24-2)4-6-16/h3-10H,11-12H2,1-2H3,(H,21,23). The molecule has 0 unspecified atom stereocenters. The van der Waals surface area contributed by atoms with Crippen LogP contribution in [0, 0.1) is 6.92 Å². The number of aryl methyl sites for hydroxylation is 1. The predicted octanol–water partition coefficient (Wildman–Crippen LogP) is 3.33. The zero-order valence-corrected chi connectivity index (χ0v) is 15.4. The van der Waals surface area contributed by atoms with Crippen LogP contribution in [0.15, 0.2) is 48.8 Å². The van der Waals surface area contributed by atoms with Crippen molar-refractivity contribution in [2.24, 2.45) is 0 Å². The van der Waals surface area contributed by atoms with Crippen LogP contribution < -0.4 is 14.8 Å². The van der Waals surface area contributed by atoms with Crippen LogP contribution in [-0.4, -0.2) is 36.1 Å². The van der Waals surface area contributed by atoms with E-state index in [-0.39, 0.29) is 5.91 Å². The van der Waals surface area contributed by atoms with Gasteiger partial charge in [-0.15, -0.1) is 11.3 Å². The average molecular weight is 369 g/mol. The summed E-state index contributed by atoms with van der Waals surface area (Å²) in [5.74, 6) is 1.36. The van der Waals surface area contributed by atoms with E-state index in [1.54, 1.807) is 19.5 Å². The predicted molar refractivity (Wildman–Crippen MR) is 101 cm³/mol. The van der Waals surface area contributed by atoms with Crippen molar-refractivity contribution in [1.29, 1.82) is 0 Å². The highest BCUT2D eigenvalue weighted by Gasteiger charge is 2.15. The second-order valence-electron chi connectivity index (χ2n) is 5.45. The molecule has 0 saturated heterocycles. The summed E-state index contributed by atoms with van der Waals surface area (Å²) in [6.45, 7) is 2.63. The highest BCUT2D eigenvalue weighted by atomic mass is 32.1. The summed E-state index contributed by atoms with van der Waals surface area (Å²) < 4.78 is 10.7. The summed E-state index contributed by atoms with van der Waals surface area (Å²) in [7, 11) is 1.62. The molecule has 0 radical (unpaired) electrons. The lowest BCUT2D eigenvalue weighted by molar-refractivity contribution is 0.0950. The largest absolute Gasteiger partial charge is 0.497 e. The van der Waals surface area contributed by atoms with Gasteiger partial charge in [0, 0.05) is 18.0 Å². The fourth-order valence-electron chi connectivity index (χ4n) is 2.31. The van der Waals surface area contributed by atoms with Gasteiger partial charge in [0.1, 0.15) is 28.0 Å². The first-order valence-corrected chi connectivity index (χ1v) is 8.92. The molecule has 26 heavy (non-hydrogen) atoms. The summed E-state index contributed by atoms with van der Waals surface area (Å²) in [5.41, 5.74) is 1.67. The molecule has 1 amide bonds. The first-order valence-electron chi connectivity index (χ1n) is 8.10. The highest BCUT2D eigenvalue weighted by Crippen LogP contribution is 2.27.